The number of Topliss-reactive ketones (excluding diaryl/α,β-unsaturated/α-hetero) is 1. The molecule has 1 amide bonds. The minimum Gasteiger partial charge on any atom is -0.496 e. The first-order chi connectivity index (χ1) is 13.3. The van der Waals surface area contributed by atoms with Gasteiger partial charge in [-0.25, -0.2) is 0 Å². The van der Waals surface area contributed by atoms with Crippen molar-refractivity contribution in [2.24, 2.45) is 17.3 Å². The molecule has 0 unspecified atom stereocenters. The van der Waals surface area contributed by atoms with Crippen LogP contribution in [-0.4, -0.2) is 36.9 Å². The molecule has 4 bridgehead atoms. The van der Waals surface area contributed by atoms with Crippen molar-refractivity contribution < 1.29 is 23.9 Å². The number of nitrogens with one attached hydrogen (secondary N) is 1. The molecule has 4 aliphatic rings. The van der Waals surface area contributed by atoms with E-state index in [1.54, 1.807) is 24.3 Å². The van der Waals surface area contributed by atoms with Crippen LogP contribution in [-0.2, 0) is 14.3 Å². The van der Waals surface area contributed by atoms with E-state index < -0.39 is 5.41 Å². The average Bonchev–Trinajstić information content (AvgIpc) is 2.63. The van der Waals surface area contributed by atoms with Crippen molar-refractivity contribution in [1.29, 1.82) is 0 Å². The maximum Gasteiger partial charge on any atom is 0.312 e. The third-order valence-electron chi connectivity index (χ3n) is 6.68. The number of esters is 1. The van der Waals surface area contributed by atoms with Crippen LogP contribution in [0.1, 0.15) is 55.8 Å². The van der Waals surface area contributed by atoms with Crippen LogP contribution in [0.15, 0.2) is 24.3 Å². The summed E-state index contributed by atoms with van der Waals surface area (Å²) in [5.74, 6) is 0.739. The van der Waals surface area contributed by atoms with Gasteiger partial charge in [0.1, 0.15) is 5.75 Å². The van der Waals surface area contributed by atoms with Crippen LogP contribution in [0.5, 0.6) is 5.75 Å². The Morgan fingerprint density at radius 3 is 2.43 bits per heavy atom. The number of ketones is 1. The molecule has 1 N–H and O–H groups in total. The number of carbonyl (C=O) groups excluding carboxylic acids is 3. The Morgan fingerprint density at radius 1 is 1.11 bits per heavy atom. The Balaban J connectivity index is 1.47. The van der Waals surface area contributed by atoms with Crippen molar-refractivity contribution >= 4 is 17.7 Å². The summed E-state index contributed by atoms with van der Waals surface area (Å²) in [4.78, 5) is 37.4. The SMILES string of the molecule is COc1ccccc1C(=O)COC(=O)C12C[C@@H]3C[C@H](CC(NC(C)=O)(C3)C1)C2. The summed E-state index contributed by atoms with van der Waals surface area (Å²) in [6.45, 7) is 1.25. The van der Waals surface area contributed by atoms with E-state index in [4.69, 9.17) is 9.47 Å². The zero-order chi connectivity index (χ0) is 19.9. The number of rotatable bonds is 6. The van der Waals surface area contributed by atoms with Crippen LogP contribution in [0.25, 0.3) is 0 Å². The summed E-state index contributed by atoms with van der Waals surface area (Å²) in [6.07, 6.45) is 5.22. The molecule has 0 aromatic heterocycles. The van der Waals surface area contributed by atoms with Gasteiger partial charge in [-0.05, 0) is 62.5 Å². The van der Waals surface area contributed by atoms with Crippen molar-refractivity contribution in [3.63, 3.8) is 0 Å². The number of para-hydroxylation sites is 1. The Bertz CT molecular complexity index is 803. The summed E-state index contributed by atoms with van der Waals surface area (Å²) in [6, 6.07) is 6.93. The van der Waals surface area contributed by atoms with Crippen LogP contribution in [0.3, 0.4) is 0 Å². The zero-order valence-corrected chi connectivity index (χ0v) is 16.5. The van der Waals surface area contributed by atoms with Gasteiger partial charge >= 0.3 is 5.97 Å². The highest BCUT2D eigenvalue weighted by Crippen LogP contribution is 2.62. The summed E-state index contributed by atoms with van der Waals surface area (Å²) in [5, 5.41) is 3.14. The molecule has 4 saturated carbocycles. The molecule has 0 radical (unpaired) electrons. The van der Waals surface area contributed by atoms with E-state index in [2.05, 4.69) is 5.32 Å². The molecule has 4 fully saturated rings. The van der Waals surface area contributed by atoms with Crippen LogP contribution >= 0.6 is 0 Å². The quantitative estimate of drug-likeness (QED) is 0.601. The van der Waals surface area contributed by atoms with Gasteiger partial charge in [0, 0.05) is 12.5 Å². The maximum atomic E-state index is 13.1. The molecular weight excluding hydrogens is 358 g/mol. The number of benzene rings is 1. The minimum absolute atomic E-state index is 0.0446. The molecule has 2 atom stereocenters. The zero-order valence-electron chi connectivity index (χ0n) is 16.5. The molecular formula is C22H27NO5. The van der Waals surface area contributed by atoms with E-state index in [0.717, 1.165) is 32.1 Å². The van der Waals surface area contributed by atoms with Gasteiger partial charge in [0.25, 0.3) is 0 Å². The second kappa shape index (κ2) is 6.90. The molecule has 28 heavy (non-hydrogen) atoms. The van der Waals surface area contributed by atoms with E-state index in [1.807, 2.05) is 0 Å². The maximum absolute atomic E-state index is 13.1. The van der Waals surface area contributed by atoms with Crippen LogP contribution in [0.2, 0.25) is 0 Å². The van der Waals surface area contributed by atoms with E-state index in [0.29, 0.717) is 29.6 Å². The highest BCUT2D eigenvalue weighted by Gasteiger charge is 2.61. The number of ether oxygens (including phenoxy) is 2. The monoisotopic (exact) mass is 385 g/mol. The van der Waals surface area contributed by atoms with Crippen LogP contribution in [0, 0.1) is 17.3 Å². The Hall–Kier alpha value is -2.37. The Morgan fingerprint density at radius 2 is 1.79 bits per heavy atom. The first-order valence-electron chi connectivity index (χ1n) is 9.97. The van der Waals surface area contributed by atoms with E-state index >= 15 is 0 Å². The third-order valence-corrected chi connectivity index (χ3v) is 6.68. The predicted molar refractivity (Wildman–Crippen MR) is 102 cm³/mol. The fourth-order valence-electron chi connectivity index (χ4n) is 6.26. The topological polar surface area (TPSA) is 81.7 Å². The van der Waals surface area contributed by atoms with Crippen LogP contribution in [0.4, 0.5) is 0 Å². The van der Waals surface area contributed by atoms with Gasteiger partial charge in [0.2, 0.25) is 11.7 Å². The van der Waals surface area contributed by atoms with Crippen molar-refractivity contribution in [2.75, 3.05) is 13.7 Å². The smallest absolute Gasteiger partial charge is 0.312 e. The molecule has 0 saturated heterocycles. The van der Waals surface area contributed by atoms with E-state index in [9.17, 15) is 14.4 Å². The summed E-state index contributed by atoms with van der Waals surface area (Å²) < 4.78 is 10.8. The molecule has 0 spiro atoms. The number of carbonyl (C=O) groups is 3. The van der Waals surface area contributed by atoms with Gasteiger partial charge < -0.3 is 14.8 Å². The van der Waals surface area contributed by atoms with E-state index in [1.165, 1.54) is 14.0 Å². The highest BCUT2D eigenvalue weighted by molar-refractivity contribution is 6.00. The van der Waals surface area contributed by atoms with E-state index in [-0.39, 0.29) is 29.8 Å². The lowest BCUT2D eigenvalue weighted by Gasteiger charge is -2.60. The Kier molecular flexibility index (Phi) is 4.68. The molecule has 150 valence electrons. The Labute approximate surface area is 165 Å². The molecule has 6 heteroatoms. The number of hydrogen-bond acceptors (Lipinski definition) is 5. The first kappa shape index (κ1) is 19.0. The molecule has 1 aromatic rings. The summed E-state index contributed by atoms with van der Waals surface area (Å²) in [7, 11) is 1.51. The average molecular weight is 385 g/mol. The van der Waals surface area contributed by atoms with Crippen molar-refractivity contribution in [3.05, 3.63) is 29.8 Å². The fourth-order valence-corrected chi connectivity index (χ4v) is 6.26. The van der Waals surface area contributed by atoms with Gasteiger partial charge in [0.15, 0.2) is 6.61 Å². The summed E-state index contributed by atoms with van der Waals surface area (Å²) in [5.41, 5.74) is -0.451. The largest absolute Gasteiger partial charge is 0.496 e. The van der Waals surface area contributed by atoms with Gasteiger partial charge in [-0.15, -0.1) is 0 Å². The lowest BCUT2D eigenvalue weighted by atomic mass is 9.47. The van der Waals surface area contributed by atoms with Crippen molar-refractivity contribution in [3.8, 4) is 5.75 Å². The van der Waals surface area contributed by atoms with Crippen LogP contribution < -0.4 is 10.1 Å². The minimum atomic E-state index is -0.576. The standard InChI is InChI=1S/C22H27NO5/c1-14(24)23-22-10-15-7-16(11-22)9-21(8-15,13-22)20(26)28-12-18(25)17-5-3-4-6-19(17)27-2/h3-6,15-16H,7-13H2,1-2H3,(H,23,24)/t15-,16-,21?,22?/m0/s1. The molecule has 6 nitrogen and oxygen atoms in total. The first-order valence-corrected chi connectivity index (χ1v) is 9.97. The number of amides is 1. The van der Waals surface area contributed by atoms with Gasteiger partial charge in [-0.2, -0.15) is 0 Å². The molecule has 0 heterocycles. The molecule has 1 aromatic carbocycles. The van der Waals surface area contributed by atoms with Crippen molar-refractivity contribution in [1.82, 2.24) is 5.32 Å². The summed E-state index contributed by atoms with van der Waals surface area (Å²) >= 11 is 0. The molecule has 5 rings (SSSR count). The second-order valence-electron chi connectivity index (χ2n) is 8.90. The van der Waals surface area contributed by atoms with Crippen molar-refractivity contribution in [2.45, 2.75) is 51.0 Å². The predicted octanol–water partition coefficient (Wildman–Crippen LogP) is 2.90. The van der Waals surface area contributed by atoms with Gasteiger partial charge in [-0.3, -0.25) is 14.4 Å². The normalized spacial score (nSPS) is 32.6. The second-order valence-corrected chi connectivity index (χ2v) is 8.90. The number of hydrogen-bond donors (Lipinski definition) is 1. The fraction of sp³-hybridized carbons (Fsp3) is 0.591. The van der Waals surface area contributed by atoms with Gasteiger partial charge in [0.05, 0.1) is 18.1 Å². The molecule has 4 aliphatic carbocycles. The lowest BCUT2D eigenvalue weighted by Crippen LogP contribution is -2.64. The highest BCUT2D eigenvalue weighted by atomic mass is 16.5. The van der Waals surface area contributed by atoms with Gasteiger partial charge in [-0.1, -0.05) is 12.1 Å². The number of methoxy groups -OCH3 is 1. The lowest BCUT2D eigenvalue weighted by molar-refractivity contribution is -0.174. The third kappa shape index (κ3) is 3.29. The molecule has 0 aliphatic heterocycles.